The number of hydrogen-bond acceptors (Lipinski definition) is 4. The van der Waals surface area contributed by atoms with E-state index in [1.165, 1.54) is 12.7 Å². The molecule has 2 aromatic carbocycles. The molecule has 0 bridgehead atoms. The van der Waals surface area contributed by atoms with Gasteiger partial charge in [0, 0.05) is 0 Å². The summed E-state index contributed by atoms with van der Waals surface area (Å²) in [5.41, 5.74) is 2.72. The van der Waals surface area contributed by atoms with E-state index < -0.39 is 5.97 Å². The van der Waals surface area contributed by atoms with E-state index in [4.69, 9.17) is 14.2 Å². The zero-order chi connectivity index (χ0) is 15.9. The van der Waals surface area contributed by atoms with E-state index in [0.29, 0.717) is 30.3 Å². The van der Waals surface area contributed by atoms with Gasteiger partial charge in [-0.15, -0.1) is 0 Å². The number of carbonyl (C=O) groups excluding carboxylic acids is 1. The second-order valence-electron chi connectivity index (χ2n) is 4.86. The van der Waals surface area contributed by atoms with E-state index >= 15 is 0 Å². The standard InChI is InChI=1S/C18H20O4/c1-4-21-17-11-15(18(19)20-3)9-10-16(17)22-12-14-7-5-13(2)6-8-14/h5-11H,4,12H2,1-3H3. The Bertz CT molecular complexity index is 632. The first-order chi connectivity index (χ1) is 10.6. The Morgan fingerprint density at radius 3 is 2.36 bits per heavy atom. The SMILES string of the molecule is CCOc1cc(C(=O)OC)ccc1OCc1ccc(C)cc1. The van der Waals surface area contributed by atoms with E-state index in [2.05, 4.69) is 0 Å². The molecule has 2 rings (SSSR count). The summed E-state index contributed by atoms with van der Waals surface area (Å²) in [6.07, 6.45) is 0. The number of ether oxygens (including phenoxy) is 3. The van der Waals surface area contributed by atoms with Crippen LogP contribution in [0.4, 0.5) is 0 Å². The van der Waals surface area contributed by atoms with Gasteiger partial charge in [-0.05, 0) is 37.6 Å². The number of hydrogen-bond donors (Lipinski definition) is 0. The molecule has 0 N–H and O–H groups in total. The summed E-state index contributed by atoms with van der Waals surface area (Å²) in [4.78, 5) is 11.6. The van der Waals surface area contributed by atoms with Gasteiger partial charge in [0.25, 0.3) is 0 Å². The minimum absolute atomic E-state index is 0.397. The van der Waals surface area contributed by atoms with E-state index in [9.17, 15) is 4.79 Å². The first kappa shape index (κ1) is 15.9. The molecule has 22 heavy (non-hydrogen) atoms. The number of benzene rings is 2. The van der Waals surface area contributed by atoms with Crippen LogP contribution in [0.3, 0.4) is 0 Å². The van der Waals surface area contributed by atoms with Crippen LogP contribution < -0.4 is 9.47 Å². The summed E-state index contributed by atoms with van der Waals surface area (Å²) in [5.74, 6) is 0.749. The van der Waals surface area contributed by atoms with Gasteiger partial charge in [0.1, 0.15) is 6.61 Å². The van der Waals surface area contributed by atoms with Crippen molar-refractivity contribution >= 4 is 5.97 Å². The van der Waals surface area contributed by atoms with Gasteiger partial charge in [0.15, 0.2) is 11.5 Å². The van der Waals surface area contributed by atoms with Gasteiger partial charge in [-0.2, -0.15) is 0 Å². The van der Waals surface area contributed by atoms with E-state index in [1.807, 2.05) is 38.1 Å². The molecule has 116 valence electrons. The van der Waals surface area contributed by atoms with Gasteiger partial charge >= 0.3 is 5.97 Å². The zero-order valence-electron chi connectivity index (χ0n) is 13.1. The highest BCUT2D eigenvalue weighted by Crippen LogP contribution is 2.29. The smallest absolute Gasteiger partial charge is 0.337 e. The fourth-order valence-electron chi connectivity index (χ4n) is 1.99. The zero-order valence-corrected chi connectivity index (χ0v) is 13.1. The molecule has 0 saturated heterocycles. The van der Waals surface area contributed by atoms with Crippen molar-refractivity contribution in [1.82, 2.24) is 0 Å². The van der Waals surface area contributed by atoms with Crippen molar-refractivity contribution in [3.8, 4) is 11.5 Å². The normalized spacial score (nSPS) is 10.1. The number of carbonyl (C=O) groups is 1. The van der Waals surface area contributed by atoms with Gasteiger partial charge in [-0.3, -0.25) is 0 Å². The third kappa shape index (κ3) is 4.01. The minimum Gasteiger partial charge on any atom is -0.490 e. The number of methoxy groups -OCH3 is 1. The van der Waals surface area contributed by atoms with Crippen LogP contribution in [-0.2, 0) is 11.3 Å². The van der Waals surface area contributed by atoms with Gasteiger partial charge in [-0.25, -0.2) is 4.79 Å². The van der Waals surface area contributed by atoms with Crippen LogP contribution in [0.2, 0.25) is 0 Å². The fourth-order valence-corrected chi connectivity index (χ4v) is 1.99. The maximum absolute atomic E-state index is 11.6. The Kier molecular flexibility index (Phi) is 5.42. The van der Waals surface area contributed by atoms with Crippen molar-refractivity contribution in [3.05, 3.63) is 59.2 Å². The third-order valence-electron chi connectivity index (χ3n) is 3.18. The van der Waals surface area contributed by atoms with Crippen LogP contribution >= 0.6 is 0 Å². The molecule has 4 heteroatoms. The number of aryl methyl sites for hydroxylation is 1. The van der Waals surface area contributed by atoms with E-state index in [0.717, 1.165) is 5.56 Å². The van der Waals surface area contributed by atoms with Crippen LogP contribution in [0.15, 0.2) is 42.5 Å². The molecule has 0 amide bonds. The summed E-state index contributed by atoms with van der Waals surface area (Å²) >= 11 is 0. The highest BCUT2D eigenvalue weighted by atomic mass is 16.5. The van der Waals surface area contributed by atoms with Crippen LogP contribution in [0, 0.1) is 6.92 Å². The lowest BCUT2D eigenvalue weighted by Gasteiger charge is -2.13. The van der Waals surface area contributed by atoms with E-state index in [-0.39, 0.29) is 0 Å². The van der Waals surface area contributed by atoms with Crippen molar-refractivity contribution in [3.63, 3.8) is 0 Å². The maximum atomic E-state index is 11.6. The molecule has 2 aromatic rings. The Hall–Kier alpha value is -2.49. The molecule has 0 aliphatic heterocycles. The van der Waals surface area contributed by atoms with Crippen LogP contribution in [-0.4, -0.2) is 19.7 Å². The summed E-state index contributed by atoms with van der Waals surface area (Å²) in [6.45, 7) is 4.86. The molecule has 0 saturated carbocycles. The molecule has 4 nitrogen and oxygen atoms in total. The second kappa shape index (κ2) is 7.50. The Labute approximate surface area is 130 Å². The van der Waals surface area contributed by atoms with Crippen molar-refractivity contribution in [2.45, 2.75) is 20.5 Å². The molecule has 0 heterocycles. The molecule has 0 aliphatic carbocycles. The highest BCUT2D eigenvalue weighted by Gasteiger charge is 2.12. The first-order valence-corrected chi connectivity index (χ1v) is 7.17. The number of esters is 1. The van der Waals surface area contributed by atoms with Gasteiger partial charge in [0.2, 0.25) is 0 Å². The second-order valence-corrected chi connectivity index (χ2v) is 4.86. The van der Waals surface area contributed by atoms with Crippen LogP contribution in [0.5, 0.6) is 11.5 Å². The minimum atomic E-state index is -0.397. The van der Waals surface area contributed by atoms with Crippen LogP contribution in [0.25, 0.3) is 0 Å². The molecule has 0 atom stereocenters. The molecule has 0 radical (unpaired) electrons. The molecule has 0 aromatic heterocycles. The van der Waals surface area contributed by atoms with Gasteiger partial charge < -0.3 is 14.2 Å². The fraction of sp³-hybridized carbons (Fsp3) is 0.278. The Balaban J connectivity index is 2.15. The summed E-state index contributed by atoms with van der Waals surface area (Å²) < 4.78 is 16.1. The number of rotatable bonds is 6. The van der Waals surface area contributed by atoms with Gasteiger partial charge in [0.05, 0.1) is 19.3 Å². The average Bonchev–Trinajstić information content (AvgIpc) is 2.54. The Morgan fingerprint density at radius 2 is 1.73 bits per heavy atom. The Morgan fingerprint density at radius 1 is 1.00 bits per heavy atom. The quantitative estimate of drug-likeness (QED) is 0.762. The first-order valence-electron chi connectivity index (χ1n) is 7.17. The maximum Gasteiger partial charge on any atom is 0.337 e. The lowest BCUT2D eigenvalue weighted by Crippen LogP contribution is -2.04. The lowest BCUT2D eigenvalue weighted by molar-refractivity contribution is 0.0600. The predicted molar refractivity (Wildman–Crippen MR) is 84.5 cm³/mol. The summed E-state index contributed by atoms with van der Waals surface area (Å²) in [7, 11) is 1.35. The molecule has 0 fully saturated rings. The lowest BCUT2D eigenvalue weighted by atomic mass is 10.1. The van der Waals surface area contributed by atoms with Crippen LogP contribution in [0.1, 0.15) is 28.4 Å². The van der Waals surface area contributed by atoms with Gasteiger partial charge in [-0.1, -0.05) is 29.8 Å². The largest absolute Gasteiger partial charge is 0.490 e. The molecule has 0 spiro atoms. The monoisotopic (exact) mass is 300 g/mol. The van der Waals surface area contributed by atoms with E-state index in [1.54, 1.807) is 18.2 Å². The molecular formula is C18H20O4. The van der Waals surface area contributed by atoms with Crippen molar-refractivity contribution in [2.75, 3.05) is 13.7 Å². The average molecular weight is 300 g/mol. The summed E-state index contributed by atoms with van der Waals surface area (Å²) in [5, 5.41) is 0. The van der Waals surface area contributed by atoms with Crippen molar-refractivity contribution in [2.24, 2.45) is 0 Å². The topological polar surface area (TPSA) is 44.8 Å². The molecule has 0 aliphatic rings. The van der Waals surface area contributed by atoms with Crippen molar-refractivity contribution < 1.29 is 19.0 Å². The highest BCUT2D eigenvalue weighted by molar-refractivity contribution is 5.90. The van der Waals surface area contributed by atoms with Crippen molar-refractivity contribution in [1.29, 1.82) is 0 Å². The predicted octanol–water partition coefficient (Wildman–Crippen LogP) is 3.76. The molecular weight excluding hydrogens is 280 g/mol. The molecule has 0 unspecified atom stereocenters. The summed E-state index contributed by atoms with van der Waals surface area (Å²) in [6, 6.07) is 13.2. The third-order valence-corrected chi connectivity index (χ3v) is 3.18.